The van der Waals surface area contributed by atoms with Crippen molar-refractivity contribution >= 4 is 29.5 Å². The number of hydrogen-bond acceptors (Lipinski definition) is 4. The van der Waals surface area contributed by atoms with Crippen molar-refractivity contribution in [1.82, 2.24) is 15.5 Å². The normalized spacial score (nSPS) is 25.4. The summed E-state index contributed by atoms with van der Waals surface area (Å²) >= 11 is 1.62. The lowest BCUT2D eigenvalue weighted by molar-refractivity contribution is -0.132. The molecular weight excluding hydrogens is 398 g/mol. The Morgan fingerprint density at radius 3 is 2.67 bits per heavy atom. The molecule has 3 amide bonds. The molecule has 4 atom stereocenters. The zero-order valence-corrected chi connectivity index (χ0v) is 18.5. The highest BCUT2D eigenvalue weighted by Gasteiger charge is 2.48. The maximum Gasteiger partial charge on any atom is 0.256 e. The Morgan fingerprint density at radius 2 is 1.93 bits per heavy atom. The first-order chi connectivity index (χ1) is 14.5. The Labute approximate surface area is 182 Å². The summed E-state index contributed by atoms with van der Waals surface area (Å²) in [5, 5.41) is 6.05. The summed E-state index contributed by atoms with van der Waals surface area (Å²) in [5.41, 5.74) is 1.66. The van der Waals surface area contributed by atoms with E-state index in [9.17, 15) is 14.4 Å². The van der Waals surface area contributed by atoms with Gasteiger partial charge in [0.25, 0.3) is 5.91 Å². The van der Waals surface area contributed by atoms with Crippen LogP contribution in [0.3, 0.4) is 0 Å². The van der Waals surface area contributed by atoms with Gasteiger partial charge in [-0.25, -0.2) is 0 Å². The standard InChI is InChI=1S/C23H31N3O3S/c1-3-14(2)19(21(28)24-15-9-5-4-6-10-15)25-20(27)18-13-30-23-17-12-8-7-11-16(17)22(29)26(18)23/h7-8,11-12,14-15,18-19,23H,3-6,9-10,13H2,1-2H3,(H,24,28)(H,25,27)/t14-,18+,19+,23-/m1/s1. The van der Waals surface area contributed by atoms with Crippen LogP contribution >= 0.6 is 11.8 Å². The van der Waals surface area contributed by atoms with Crippen LogP contribution in [0.1, 0.15) is 73.7 Å². The molecule has 6 nitrogen and oxygen atoms in total. The van der Waals surface area contributed by atoms with Gasteiger partial charge in [-0.1, -0.05) is 57.7 Å². The van der Waals surface area contributed by atoms with Crippen LogP contribution in [0.15, 0.2) is 24.3 Å². The van der Waals surface area contributed by atoms with Gasteiger partial charge in [-0.05, 0) is 30.4 Å². The fourth-order valence-corrected chi connectivity index (χ4v) is 6.20. The molecule has 1 aromatic carbocycles. The third kappa shape index (κ3) is 3.96. The number of hydrogen-bond donors (Lipinski definition) is 2. The molecule has 1 saturated carbocycles. The summed E-state index contributed by atoms with van der Waals surface area (Å²) in [6, 6.07) is 6.65. The molecule has 0 radical (unpaired) electrons. The molecule has 1 saturated heterocycles. The average molecular weight is 430 g/mol. The minimum atomic E-state index is -0.575. The summed E-state index contributed by atoms with van der Waals surface area (Å²) in [6.45, 7) is 4.02. The van der Waals surface area contributed by atoms with Gasteiger partial charge in [-0.3, -0.25) is 14.4 Å². The van der Waals surface area contributed by atoms with Gasteiger partial charge in [0.1, 0.15) is 17.5 Å². The van der Waals surface area contributed by atoms with Gasteiger partial charge < -0.3 is 15.5 Å². The van der Waals surface area contributed by atoms with Crippen LogP contribution in [0.25, 0.3) is 0 Å². The maximum absolute atomic E-state index is 13.2. The Morgan fingerprint density at radius 1 is 1.20 bits per heavy atom. The topological polar surface area (TPSA) is 78.5 Å². The van der Waals surface area contributed by atoms with Crippen molar-refractivity contribution in [3.8, 4) is 0 Å². The number of amides is 3. The molecule has 1 aliphatic carbocycles. The molecule has 0 spiro atoms. The first-order valence-corrected chi connectivity index (χ1v) is 12.2. The number of carbonyl (C=O) groups is 3. The number of nitrogens with zero attached hydrogens (tertiary/aromatic N) is 1. The average Bonchev–Trinajstić information content (AvgIpc) is 3.32. The number of benzene rings is 1. The quantitative estimate of drug-likeness (QED) is 0.728. The molecule has 1 aromatic rings. The van der Waals surface area contributed by atoms with Crippen LogP contribution in [-0.4, -0.2) is 46.5 Å². The lowest BCUT2D eigenvalue weighted by Crippen LogP contribution is -2.56. The molecule has 0 unspecified atom stereocenters. The Bertz CT molecular complexity index is 824. The molecule has 2 N–H and O–H groups in total. The molecule has 2 aliphatic heterocycles. The number of rotatable bonds is 6. The molecular formula is C23H31N3O3S. The highest BCUT2D eigenvalue weighted by molar-refractivity contribution is 7.99. The third-order valence-corrected chi connectivity index (χ3v) is 8.04. The van der Waals surface area contributed by atoms with Gasteiger partial charge >= 0.3 is 0 Å². The summed E-state index contributed by atoms with van der Waals surface area (Å²) in [6.07, 6.45) is 6.32. The number of fused-ring (bicyclic) bond motifs is 3. The lowest BCUT2D eigenvalue weighted by atomic mass is 9.93. The van der Waals surface area contributed by atoms with Crippen molar-refractivity contribution in [3.05, 3.63) is 35.4 Å². The SMILES string of the molecule is CC[C@@H](C)[C@H](NC(=O)[C@@H]1CS[C@@H]2c3ccccc3C(=O)N21)C(=O)NC1CCCCC1. The molecule has 30 heavy (non-hydrogen) atoms. The molecule has 3 aliphatic rings. The third-order valence-electron chi connectivity index (χ3n) is 6.74. The summed E-state index contributed by atoms with van der Waals surface area (Å²) in [4.78, 5) is 40.8. The van der Waals surface area contributed by atoms with Gasteiger partial charge in [0, 0.05) is 17.4 Å². The van der Waals surface area contributed by atoms with Crippen LogP contribution < -0.4 is 10.6 Å². The molecule has 0 bridgehead atoms. The zero-order valence-electron chi connectivity index (χ0n) is 17.7. The largest absolute Gasteiger partial charge is 0.352 e. The smallest absolute Gasteiger partial charge is 0.256 e. The lowest BCUT2D eigenvalue weighted by Gasteiger charge is -2.30. The van der Waals surface area contributed by atoms with E-state index in [0.717, 1.165) is 37.7 Å². The van der Waals surface area contributed by atoms with Crippen molar-refractivity contribution in [1.29, 1.82) is 0 Å². The van der Waals surface area contributed by atoms with E-state index >= 15 is 0 Å². The van der Waals surface area contributed by atoms with Gasteiger partial charge in [-0.15, -0.1) is 11.8 Å². The van der Waals surface area contributed by atoms with Crippen LogP contribution in [0, 0.1) is 5.92 Å². The summed E-state index contributed by atoms with van der Waals surface area (Å²) in [7, 11) is 0. The van der Waals surface area contributed by atoms with Crippen molar-refractivity contribution in [2.75, 3.05) is 5.75 Å². The van der Waals surface area contributed by atoms with Gasteiger partial charge in [0.05, 0.1) is 0 Å². The Hall–Kier alpha value is -2.02. The predicted octanol–water partition coefficient (Wildman–Crippen LogP) is 3.24. The highest BCUT2D eigenvalue weighted by Crippen LogP contribution is 2.48. The first kappa shape index (κ1) is 21.2. The molecule has 2 heterocycles. The van der Waals surface area contributed by atoms with E-state index in [4.69, 9.17) is 0 Å². The molecule has 2 fully saturated rings. The van der Waals surface area contributed by atoms with Crippen molar-refractivity contribution in [2.24, 2.45) is 5.92 Å². The second-order valence-corrected chi connectivity index (χ2v) is 9.83. The first-order valence-electron chi connectivity index (χ1n) is 11.1. The second kappa shape index (κ2) is 9.00. The Balaban J connectivity index is 1.45. The van der Waals surface area contributed by atoms with E-state index in [1.165, 1.54) is 6.42 Å². The number of thioether (sulfide) groups is 1. The number of carbonyl (C=O) groups excluding carboxylic acids is 3. The van der Waals surface area contributed by atoms with E-state index < -0.39 is 12.1 Å². The van der Waals surface area contributed by atoms with E-state index in [1.54, 1.807) is 16.7 Å². The van der Waals surface area contributed by atoms with Crippen LogP contribution in [0.4, 0.5) is 0 Å². The van der Waals surface area contributed by atoms with Crippen molar-refractivity contribution in [2.45, 2.75) is 75.9 Å². The Kier molecular flexibility index (Phi) is 6.37. The monoisotopic (exact) mass is 429 g/mol. The van der Waals surface area contributed by atoms with E-state index in [1.807, 2.05) is 38.1 Å². The highest BCUT2D eigenvalue weighted by atomic mass is 32.2. The van der Waals surface area contributed by atoms with E-state index in [2.05, 4.69) is 10.6 Å². The summed E-state index contributed by atoms with van der Waals surface area (Å²) < 4.78 is 0. The van der Waals surface area contributed by atoms with Crippen molar-refractivity contribution < 1.29 is 14.4 Å². The van der Waals surface area contributed by atoms with Gasteiger partial charge in [0.2, 0.25) is 11.8 Å². The van der Waals surface area contributed by atoms with Crippen LogP contribution in [-0.2, 0) is 9.59 Å². The van der Waals surface area contributed by atoms with Crippen LogP contribution in [0.5, 0.6) is 0 Å². The fourth-order valence-electron chi connectivity index (χ4n) is 4.73. The molecule has 162 valence electrons. The molecule has 7 heteroatoms. The van der Waals surface area contributed by atoms with Gasteiger partial charge in [0.15, 0.2) is 0 Å². The van der Waals surface area contributed by atoms with E-state index in [0.29, 0.717) is 11.3 Å². The van der Waals surface area contributed by atoms with Crippen molar-refractivity contribution in [3.63, 3.8) is 0 Å². The van der Waals surface area contributed by atoms with E-state index in [-0.39, 0.29) is 35.1 Å². The van der Waals surface area contributed by atoms with Gasteiger partial charge in [-0.2, -0.15) is 0 Å². The molecule has 0 aromatic heterocycles. The minimum absolute atomic E-state index is 0.0221. The second-order valence-electron chi connectivity index (χ2n) is 8.72. The minimum Gasteiger partial charge on any atom is -0.352 e. The predicted molar refractivity (Wildman–Crippen MR) is 118 cm³/mol. The molecule has 4 rings (SSSR count). The fraction of sp³-hybridized carbons (Fsp3) is 0.609. The maximum atomic E-state index is 13.2. The van der Waals surface area contributed by atoms with Crippen LogP contribution in [0.2, 0.25) is 0 Å². The number of nitrogens with one attached hydrogen (secondary N) is 2. The summed E-state index contributed by atoms with van der Waals surface area (Å²) in [5.74, 6) is 0.160. The zero-order chi connectivity index (χ0) is 21.3.